The van der Waals surface area contributed by atoms with Crippen molar-refractivity contribution in [3.8, 4) is 11.1 Å². The van der Waals surface area contributed by atoms with Crippen LogP contribution in [-0.4, -0.2) is 5.11 Å². The number of hydrogen-bond acceptors (Lipinski definition) is 1. The third kappa shape index (κ3) is 1.14. The Balaban J connectivity index is 2.24. The van der Waals surface area contributed by atoms with Gasteiger partial charge < -0.3 is 5.11 Å². The molecule has 1 aliphatic carbocycles. The quantitative estimate of drug-likeness (QED) is 0.623. The molecule has 0 aliphatic heterocycles. The van der Waals surface area contributed by atoms with Gasteiger partial charge in [-0.1, -0.05) is 60.7 Å². The van der Waals surface area contributed by atoms with E-state index in [0.29, 0.717) is 0 Å². The molecule has 1 atom stereocenters. The Morgan fingerprint density at radius 1 is 0.667 bits per heavy atom. The first-order chi connectivity index (χ1) is 8.86. The van der Waals surface area contributed by atoms with E-state index < -0.39 is 6.10 Å². The second-order valence-corrected chi connectivity index (χ2v) is 4.74. The van der Waals surface area contributed by atoms with E-state index in [9.17, 15) is 5.11 Å². The lowest BCUT2D eigenvalue weighted by Gasteiger charge is -2.25. The van der Waals surface area contributed by atoms with E-state index in [1.165, 1.54) is 16.3 Å². The fraction of sp³-hybridized carbons (Fsp3) is 0.0588. The van der Waals surface area contributed by atoms with Gasteiger partial charge in [-0.25, -0.2) is 0 Å². The summed E-state index contributed by atoms with van der Waals surface area (Å²) in [6, 6.07) is 20.6. The topological polar surface area (TPSA) is 20.2 Å². The van der Waals surface area contributed by atoms with Gasteiger partial charge in [-0.2, -0.15) is 0 Å². The molecule has 0 amide bonds. The lowest BCUT2D eigenvalue weighted by Crippen LogP contribution is -2.07. The van der Waals surface area contributed by atoms with Crippen molar-refractivity contribution in [2.75, 3.05) is 0 Å². The van der Waals surface area contributed by atoms with Crippen molar-refractivity contribution < 1.29 is 5.11 Å². The SMILES string of the molecule is OC1c2ccccc2-c2cccc3cccc1c23. The zero-order valence-corrected chi connectivity index (χ0v) is 9.80. The van der Waals surface area contributed by atoms with Crippen molar-refractivity contribution >= 4 is 10.8 Å². The van der Waals surface area contributed by atoms with Crippen LogP contribution < -0.4 is 0 Å². The van der Waals surface area contributed by atoms with Gasteiger partial charge in [0.15, 0.2) is 0 Å². The molecule has 1 heteroatoms. The lowest BCUT2D eigenvalue weighted by molar-refractivity contribution is 0.221. The van der Waals surface area contributed by atoms with E-state index in [1.54, 1.807) is 0 Å². The van der Waals surface area contributed by atoms with Crippen LogP contribution in [0.2, 0.25) is 0 Å². The molecule has 4 rings (SSSR count). The maximum Gasteiger partial charge on any atom is 0.105 e. The van der Waals surface area contributed by atoms with Crippen LogP contribution in [0.5, 0.6) is 0 Å². The highest BCUT2D eigenvalue weighted by molar-refractivity contribution is 6.02. The molecule has 3 aromatic rings. The van der Waals surface area contributed by atoms with Gasteiger partial charge in [0.1, 0.15) is 6.10 Å². The van der Waals surface area contributed by atoms with E-state index in [0.717, 1.165) is 16.7 Å². The molecule has 1 aliphatic rings. The molecule has 0 fully saturated rings. The first kappa shape index (κ1) is 9.86. The van der Waals surface area contributed by atoms with E-state index in [2.05, 4.69) is 30.3 Å². The maximum absolute atomic E-state index is 10.5. The molecule has 18 heavy (non-hydrogen) atoms. The fourth-order valence-electron chi connectivity index (χ4n) is 2.97. The Bertz CT molecular complexity index is 753. The highest BCUT2D eigenvalue weighted by Gasteiger charge is 2.24. The number of aliphatic hydroxyl groups excluding tert-OH is 1. The number of fused-ring (bicyclic) bond motifs is 2. The average Bonchev–Trinajstić information content (AvgIpc) is 2.44. The van der Waals surface area contributed by atoms with Crippen LogP contribution in [0.1, 0.15) is 17.2 Å². The molecule has 1 unspecified atom stereocenters. The molecule has 0 bridgehead atoms. The van der Waals surface area contributed by atoms with Crippen LogP contribution in [-0.2, 0) is 0 Å². The zero-order chi connectivity index (χ0) is 12.1. The molecule has 1 N–H and O–H groups in total. The van der Waals surface area contributed by atoms with Crippen LogP contribution in [0.4, 0.5) is 0 Å². The molecule has 0 radical (unpaired) electrons. The molecule has 0 spiro atoms. The highest BCUT2D eigenvalue weighted by Crippen LogP contribution is 2.43. The minimum absolute atomic E-state index is 0.514. The van der Waals surface area contributed by atoms with Gasteiger partial charge in [0.05, 0.1) is 0 Å². The lowest BCUT2D eigenvalue weighted by atomic mass is 9.82. The fourth-order valence-corrected chi connectivity index (χ4v) is 2.97. The van der Waals surface area contributed by atoms with Gasteiger partial charge in [0.25, 0.3) is 0 Å². The van der Waals surface area contributed by atoms with Gasteiger partial charge in [0, 0.05) is 0 Å². The number of hydrogen-bond donors (Lipinski definition) is 1. The normalized spacial score (nSPS) is 16.6. The minimum Gasteiger partial charge on any atom is -0.384 e. The number of rotatable bonds is 0. The molecule has 0 heterocycles. The Hall–Kier alpha value is -2.12. The summed E-state index contributed by atoms with van der Waals surface area (Å²) in [6.45, 7) is 0. The van der Waals surface area contributed by atoms with Crippen molar-refractivity contribution in [3.05, 3.63) is 71.8 Å². The third-order valence-corrected chi connectivity index (χ3v) is 3.78. The predicted octanol–water partition coefficient (Wildman–Crippen LogP) is 3.90. The summed E-state index contributed by atoms with van der Waals surface area (Å²) < 4.78 is 0. The first-order valence-electron chi connectivity index (χ1n) is 6.15. The molecule has 0 saturated heterocycles. The number of benzene rings is 3. The van der Waals surface area contributed by atoms with Crippen LogP contribution in [0.15, 0.2) is 60.7 Å². The van der Waals surface area contributed by atoms with Gasteiger partial charge in [-0.15, -0.1) is 0 Å². The Morgan fingerprint density at radius 3 is 2.22 bits per heavy atom. The van der Waals surface area contributed by atoms with Crippen LogP contribution in [0.25, 0.3) is 21.9 Å². The molecule has 86 valence electrons. The smallest absolute Gasteiger partial charge is 0.105 e. The van der Waals surface area contributed by atoms with Crippen molar-refractivity contribution in [3.63, 3.8) is 0 Å². The zero-order valence-electron chi connectivity index (χ0n) is 9.80. The van der Waals surface area contributed by atoms with Gasteiger partial charge in [-0.3, -0.25) is 0 Å². The second kappa shape index (κ2) is 3.44. The van der Waals surface area contributed by atoms with Crippen molar-refractivity contribution in [2.45, 2.75) is 6.10 Å². The maximum atomic E-state index is 10.5. The monoisotopic (exact) mass is 232 g/mol. The Morgan fingerprint density at radius 2 is 1.33 bits per heavy atom. The number of aliphatic hydroxyl groups is 1. The van der Waals surface area contributed by atoms with Gasteiger partial charge in [-0.05, 0) is 33.0 Å². The largest absolute Gasteiger partial charge is 0.384 e. The summed E-state index contributed by atoms with van der Waals surface area (Å²) >= 11 is 0. The summed E-state index contributed by atoms with van der Waals surface area (Å²) in [5, 5.41) is 12.9. The average molecular weight is 232 g/mol. The standard InChI is InChI=1S/C17H12O/c18-17-14-8-2-1-7-12(14)13-9-3-5-11-6-4-10-15(17)16(11)13/h1-10,17-18H. The molecule has 1 nitrogen and oxygen atoms in total. The highest BCUT2D eigenvalue weighted by atomic mass is 16.3. The molecular formula is C17H12O. The van der Waals surface area contributed by atoms with E-state index in [-0.39, 0.29) is 0 Å². The van der Waals surface area contributed by atoms with Crippen molar-refractivity contribution in [2.24, 2.45) is 0 Å². The summed E-state index contributed by atoms with van der Waals surface area (Å²) in [6.07, 6.45) is -0.514. The summed E-state index contributed by atoms with van der Waals surface area (Å²) in [4.78, 5) is 0. The molecule has 0 aromatic heterocycles. The van der Waals surface area contributed by atoms with Crippen LogP contribution >= 0.6 is 0 Å². The minimum atomic E-state index is -0.514. The summed E-state index contributed by atoms with van der Waals surface area (Å²) in [7, 11) is 0. The van der Waals surface area contributed by atoms with Crippen LogP contribution in [0, 0.1) is 0 Å². The molecular weight excluding hydrogens is 220 g/mol. The third-order valence-electron chi connectivity index (χ3n) is 3.78. The van der Waals surface area contributed by atoms with Gasteiger partial charge in [0.2, 0.25) is 0 Å². The van der Waals surface area contributed by atoms with E-state index in [1.807, 2.05) is 30.3 Å². The van der Waals surface area contributed by atoms with Crippen molar-refractivity contribution in [1.82, 2.24) is 0 Å². The van der Waals surface area contributed by atoms with E-state index in [4.69, 9.17) is 0 Å². The first-order valence-corrected chi connectivity index (χ1v) is 6.15. The molecule has 3 aromatic carbocycles. The second-order valence-electron chi connectivity index (χ2n) is 4.74. The van der Waals surface area contributed by atoms with Crippen LogP contribution in [0.3, 0.4) is 0 Å². The molecule has 0 saturated carbocycles. The summed E-state index contributed by atoms with van der Waals surface area (Å²) in [5.74, 6) is 0. The predicted molar refractivity (Wildman–Crippen MR) is 73.4 cm³/mol. The Kier molecular flexibility index (Phi) is 1.88. The van der Waals surface area contributed by atoms with E-state index >= 15 is 0 Å². The van der Waals surface area contributed by atoms with Gasteiger partial charge >= 0.3 is 0 Å². The Labute approximate surface area is 105 Å². The summed E-state index contributed by atoms with van der Waals surface area (Å²) in [5.41, 5.74) is 4.39. The van der Waals surface area contributed by atoms with Crippen molar-refractivity contribution in [1.29, 1.82) is 0 Å².